The number of nitrogens with zero attached hydrogens (tertiary/aromatic N) is 3. The lowest BCUT2D eigenvalue weighted by molar-refractivity contribution is -0.125. The quantitative estimate of drug-likeness (QED) is 0.729. The highest BCUT2D eigenvalue weighted by Gasteiger charge is 2.33. The first-order valence-electron chi connectivity index (χ1n) is 8.82. The molecule has 0 saturated heterocycles. The second kappa shape index (κ2) is 7.15. The van der Waals surface area contributed by atoms with E-state index in [4.69, 9.17) is 4.74 Å². The molecule has 3 aromatic rings. The van der Waals surface area contributed by atoms with Crippen molar-refractivity contribution in [3.8, 4) is 17.1 Å². The molecule has 2 aromatic carbocycles. The average molecular weight is 377 g/mol. The van der Waals surface area contributed by atoms with E-state index < -0.39 is 6.04 Å². The van der Waals surface area contributed by atoms with Gasteiger partial charge in [-0.15, -0.1) is 5.10 Å². The summed E-state index contributed by atoms with van der Waals surface area (Å²) < 4.78 is 6.64. The molecule has 8 heteroatoms. The first kappa shape index (κ1) is 17.7. The Morgan fingerprint density at radius 3 is 2.79 bits per heavy atom. The summed E-state index contributed by atoms with van der Waals surface area (Å²) in [6.07, 6.45) is -0.0144. The Kier molecular flexibility index (Phi) is 4.52. The number of aryl methyl sites for hydroxylation is 1. The maximum absolute atomic E-state index is 12.8. The van der Waals surface area contributed by atoms with Crippen molar-refractivity contribution >= 4 is 23.5 Å². The van der Waals surface area contributed by atoms with Gasteiger partial charge in [-0.05, 0) is 19.1 Å². The van der Waals surface area contributed by atoms with Crippen molar-refractivity contribution in [2.45, 2.75) is 19.4 Å². The summed E-state index contributed by atoms with van der Waals surface area (Å²) >= 11 is 0. The molecule has 2 amide bonds. The van der Waals surface area contributed by atoms with Crippen molar-refractivity contribution in [2.75, 3.05) is 17.7 Å². The standard InChI is InChI=1S/C20H19N5O3/c1-12-6-8-13(9-7-12)18-23-20-22-17(26)11-16(25(20)24-18)19(27)21-14-4-3-5-15(10-14)28-2/h3-10,16H,11H2,1-2H3,(H,21,27)(H,22,23,24,26)/t16-/m1/s1. The first-order valence-corrected chi connectivity index (χ1v) is 8.82. The highest BCUT2D eigenvalue weighted by atomic mass is 16.5. The van der Waals surface area contributed by atoms with Gasteiger partial charge >= 0.3 is 0 Å². The van der Waals surface area contributed by atoms with Crippen LogP contribution in [0.25, 0.3) is 11.4 Å². The molecule has 1 aliphatic heterocycles. The number of carbonyl (C=O) groups excluding carboxylic acids is 2. The predicted molar refractivity (Wildman–Crippen MR) is 104 cm³/mol. The van der Waals surface area contributed by atoms with Crippen molar-refractivity contribution < 1.29 is 14.3 Å². The molecule has 1 aromatic heterocycles. The number of benzene rings is 2. The van der Waals surface area contributed by atoms with E-state index in [1.54, 1.807) is 31.4 Å². The highest BCUT2D eigenvalue weighted by Crippen LogP contribution is 2.28. The Morgan fingerprint density at radius 2 is 2.04 bits per heavy atom. The molecule has 28 heavy (non-hydrogen) atoms. The van der Waals surface area contributed by atoms with Crippen molar-refractivity contribution in [3.63, 3.8) is 0 Å². The molecule has 2 heterocycles. The number of hydrogen-bond donors (Lipinski definition) is 2. The van der Waals surface area contributed by atoms with E-state index in [0.717, 1.165) is 11.1 Å². The van der Waals surface area contributed by atoms with Gasteiger partial charge in [-0.3, -0.25) is 14.9 Å². The normalized spacial score (nSPS) is 15.5. The van der Waals surface area contributed by atoms with Crippen LogP contribution in [-0.4, -0.2) is 33.7 Å². The molecule has 0 aliphatic carbocycles. The minimum Gasteiger partial charge on any atom is -0.497 e. The molecule has 0 unspecified atom stereocenters. The summed E-state index contributed by atoms with van der Waals surface area (Å²) in [4.78, 5) is 29.3. The molecular weight excluding hydrogens is 358 g/mol. The van der Waals surface area contributed by atoms with E-state index in [0.29, 0.717) is 17.3 Å². The number of fused-ring (bicyclic) bond motifs is 1. The van der Waals surface area contributed by atoms with Crippen LogP contribution in [0.5, 0.6) is 5.75 Å². The number of aromatic nitrogens is 3. The zero-order valence-electron chi connectivity index (χ0n) is 15.5. The molecular formula is C20H19N5O3. The number of nitrogens with one attached hydrogen (secondary N) is 2. The monoisotopic (exact) mass is 377 g/mol. The molecule has 0 radical (unpaired) electrons. The molecule has 142 valence electrons. The minimum atomic E-state index is -0.790. The molecule has 2 N–H and O–H groups in total. The van der Waals surface area contributed by atoms with Gasteiger partial charge in [0.05, 0.1) is 13.5 Å². The van der Waals surface area contributed by atoms with Crippen LogP contribution in [0, 0.1) is 6.92 Å². The zero-order chi connectivity index (χ0) is 19.7. The Labute approximate surface area is 161 Å². The van der Waals surface area contributed by atoms with Gasteiger partial charge in [0.1, 0.15) is 11.8 Å². The van der Waals surface area contributed by atoms with Crippen molar-refractivity contribution in [1.82, 2.24) is 14.8 Å². The Balaban J connectivity index is 1.63. The summed E-state index contributed by atoms with van der Waals surface area (Å²) in [5.74, 6) is 0.724. The number of carbonyl (C=O) groups is 2. The molecule has 1 aliphatic rings. The summed E-state index contributed by atoms with van der Waals surface area (Å²) in [5.41, 5.74) is 2.51. The van der Waals surface area contributed by atoms with E-state index in [9.17, 15) is 9.59 Å². The molecule has 0 fully saturated rings. The SMILES string of the molecule is COc1cccc(NC(=O)[C@H]2CC(=O)Nc3nc(-c4ccc(C)cc4)nn32)c1. The van der Waals surface area contributed by atoms with Crippen LogP contribution in [-0.2, 0) is 9.59 Å². The summed E-state index contributed by atoms with van der Waals surface area (Å²) in [7, 11) is 1.56. The van der Waals surface area contributed by atoms with E-state index >= 15 is 0 Å². The highest BCUT2D eigenvalue weighted by molar-refractivity contribution is 6.00. The van der Waals surface area contributed by atoms with Crippen LogP contribution >= 0.6 is 0 Å². The number of rotatable bonds is 4. The van der Waals surface area contributed by atoms with E-state index in [1.807, 2.05) is 31.2 Å². The topological polar surface area (TPSA) is 98.1 Å². The summed E-state index contributed by atoms with van der Waals surface area (Å²) in [6.45, 7) is 1.99. The van der Waals surface area contributed by atoms with Crippen molar-refractivity contribution in [3.05, 3.63) is 54.1 Å². The lowest BCUT2D eigenvalue weighted by Crippen LogP contribution is -2.36. The molecule has 0 spiro atoms. The predicted octanol–water partition coefficient (Wildman–Crippen LogP) is 2.78. The maximum Gasteiger partial charge on any atom is 0.249 e. The minimum absolute atomic E-state index is 0.0144. The number of hydrogen-bond acceptors (Lipinski definition) is 5. The Bertz CT molecular complexity index is 1040. The van der Waals surface area contributed by atoms with Gasteiger partial charge in [-0.25, -0.2) is 4.68 Å². The number of amides is 2. The molecule has 0 bridgehead atoms. The van der Waals surface area contributed by atoms with Gasteiger partial charge in [0.15, 0.2) is 5.82 Å². The fourth-order valence-corrected chi connectivity index (χ4v) is 3.02. The van der Waals surface area contributed by atoms with Crippen LogP contribution in [0.2, 0.25) is 0 Å². The van der Waals surface area contributed by atoms with Crippen LogP contribution in [0.15, 0.2) is 48.5 Å². The van der Waals surface area contributed by atoms with Crippen LogP contribution in [0.4, 0.5) is 11.6 Å². The maximum atomic E-state index is 12.8. The smallest absolute Gasteiger partial charge is 0.249 e. The third kappa shape index (κ3) is 3.44. The van der Waals surface area contributed by atoms with Crippen LogP contribution in [0.1, 0.15) is 18.0 Å². The van der Waals surface area contributed by atoms with Crippen LogP contribution in [0.3, 0.4) is 0 Å². The second-order valence-electron chi connectivity index (χ2n) is 6.56. The average Bonchev–Trinajstić information content (AvgIpc) is 3.11. The summed E-state index contributed by atoms with van der Waals surface area (Å²) in [5, 5.41) is 9.96. The Morgan fingerprint density at radius 1 is 1.25 bits per heavy atom. The number of methoxy groups -OCH3 is 1. The van der Waals surface area contributed by atoms with E-state index in [-0.39, 0.29) is 24.2 Å². The summed E-state index contributed by atoms with van der Waals surface area (Å²) in [6, 6.07) is 14.0. The number of ether oxygens (including phenoxy) is 1. The largest absolute Gasteiger partial charge is 0.497 e. The van der Waals surface area contributed by atoms with Gasteiger partial charge in [-0.1, -0.05) is 35.9 Å². The van der Waals surface area contributed by atoms with Gasteiger partial charge in [-0.2, -0.15) is 4.98 Å². The van der Waals surface area contributed by atoms with Crippen LogP contribution < -0.4 is 15.4 Å². The number of anilines is 2. The fraction of sp³-hybridized carbons (Fsp3) is 0.200. The van der Waals surface area contributed by atoms with Crippen molar-refractivity contribution in [1.29, 1.82) is 0 Å². The van der Waals surface area contributed by atoms with Gasteiger partial charge < -0.3 is 10.1 Å². The third-order valence-electron chi connectivity index (χ3n) is 4.51. The van der Waals surface area contributed by atoms with Gasteiger partial charge in [0.25, 0.3) is 0 Å². The zero-order valence-corrected chi connectivity index (χ0v) is 15.5. The van der Waals surface area contributed by atoms with E-state index in [2.05, 4.69) is 20.7 Å². The van der Waals surface area contributed by atoms with Gasteiger partial charge in [0.2, 0.25) is 17.8 Å². The lowest BCUT2D eigenvalue weighted by atomic mass is 10.1. The Hall–Kier alpha value is -3.68. The second-order valence-corrected chi connectivity index (χ2v) is 6.56. The van der Waals surface area contributed by atoms with Gasteiger partial charge in [0, 0.05) is 17.3 Å². The molecule has 8 nitrogen and oxygen atoms in total. The molecule has 1 atom stereocenters. The molecule has 4 rings (SSSR count). The lowest BCUT2D eigenvalue weighted by Gasteiger charge is -2.22. The fourth-order valence-electron chi connectivity index (χ4n) is 3.02. The van der Waals surface area contributed by atoms with E-state index in [1.165, 1.54) is 4.68 Å². The third-order valence-corrected chi connectivity index (χ3v) is 4.51. The molecule has 0 saturated carbocycles. The first-order chi connectivity index (χ1) is 13.5. The van der Waals surface area contributed by atoms with Crippen molar-refractivity contribution in [2.24, 2.45) is 0 Å².